The van der Waals surface area contributed by atoms with Crippen LogP contribution in [-0.2, 0) is 22.1 Å². The molecule has 7 nitrogen and oxygen atoms in total. The summed E-state index contributed by atoms with van der Waals surface area (Å²) in [6.45, 7) is 7.33. The van der Waals surface area contributed by atoms with E-state index < -0.39 is 22.0 Å². The molecule has 3 rings (SSSR count). The molecule has 0 aliphatic rings. The van der Waals surface area contributed by atoms with Crippen molar-refractivity contribution in [3.05, 3.63) is 66.2 Å². The smallest absolute Gasteiger partial charge is 0.381 e. The van der Waals surface area contributed by atoms with Gasteiger partial charge in [0.25, 0.3) is 10.1 Å². The normalized spacial score (nSPS) is 11.7. The molecule has 0 bridgehead atoms. The van der Waals surface area contributed by atoms with Gasteiger partial charge in [-0.3, -0.25) is 14.6 Å². The molecule has 0 fully saturated rings. The van der Waals surface area contributed by atoms with Crippen LogP contribution in [0.1, 0.15) is 32.0 Å². The first kappa shape index (κ1) is 28.4. The van der Waals surface area contributed by atoms with E-state index in [4.69, 9.17) is 4.55 Å². The minimum absolute atomic E-state index is 0. The highest BCUT2D eigenvalue weighted by molar-refractivity contribution is 7.85. The lowest BCUT2D eigenvalue weighted by atomic mass is 9.89. The fraction of sp³-hybridized carbons (Fsp3) is 0.333. The van der Waals surface area contributed by atoms with E-state index in [0.717, 1.165) is 12.2 Å². The Labute approximate surface area is 197 Å². The van der Waals surface area contributed by atoms with E-state index in [1.165, 1.54) is 22.4 Å². The Balaban J connectivity index is 0.000000467. The van der Waals surface area contributed by atoms with Gasteiger partial charge in [0, 0.05) is 41.3 Å². The Morgan fingerprint density at radius 3 is 2.00 bits per heavy atom. The van der Waals surface area contributed by atoms with E-state index in [1.54, 1.807) is 0 Å². The highest BCUT2D eigenvalue weighted by Gasteiger charge is 2.33. The molecule has 3 aromatic rings. The quantitative estimate of drug-likeness (QED) is 0.408. The Bertz CT molecular complexity index is 1100. The Kier molecular flexibility index (Phi) is 9.88. The van der Waals surface area contributed by atoms with Crippen molar-refractivity contribution in [2.45, 2.75) is 38.9 Å². The maximum absolute atomic E-state index is 11.0. The summed E-state index contributed by atoms with van der Waals surface area (Å²) in [5.74, 6) is -2.18. The van der Waals surface area contributed by atoms with Gasteiger partial charge in [-0.05, 0) is 35.4 Å². The molecule has 0 saturated carbocycles. The Morgan fingerprint density at radius 1 is 1.00 bits per heavy atom. The molecule has 0 saturated heterocycles. The number of hydrogen-bond acceptors (Lipinski definition) is 5. The van der Waals surface area contributed by atoms with Gasteiger partial charge in [0.15, 0.2) is 5.75 Å². The second kappa shape index (κ2) is 11.5. The molecule has 2 aromatic heterocycles. The maximum Gasteiger partial charge on any atom is 0.405 e. The molecule has 182 valence electrons. The highest BCUT2D eigenvalue weighted by Crippen LogP contribution is 2.25. The van der Waals surface area contributed by atoms with E-state index in [1.807, 2.05) is 30.7 Å². The van der Waals surface area contributed by atoms with Crippen LogP contribution in [0.4, 0.5) is 18.9 Å². The minimum atomic E-state index is -4.91. The molecule has 2 heterocycles. The lowest BCUT2D eigenvalue weighted by Crippen LogP contribution is -2.21. The molecular weight excluding hydrogens is 481 g/mol. The van der Waals surface area contributed by atoms with Crippen molar-refractivity contribution in [3.63, 3.8) is 0 Å². The molecule has 33 heavy (non-hydrogen) atoms. The largest absolute Gasteiger partial charge is 0.405 e. The SMILES string of the molecule is CC(C)(C)c1[nH]ncc1CNc1ccc(-c2ccncc2)cc1.Cl.O=S(=O)(O)CC(F)(F)F. The molecule has 12 heteroatoms. The second-order valence-electron chi connectivity index (χ2n) is 8.03. The number of nitrogens with zero attached hydrogens (tertiary/aromatic N) is 2. The van der Waals surface area contributed by atoms with Crippen molar-refractivity contribution in [3.8, 4) is 11.1 Å². The van der Waals surface area contributed by atoms with Crippen molar-refractivity contribution >= 4 is 28.2 Å². The molecule has 0 aliphatic heterocycles. The van der Waals surface area contributed by atoms with Gasteiger partial charge in [-0.2, -0.15) is 26.7 Å². The first-order valence-electron chi connectivity index (χ1n) is 9.53. The van der Waals surface area contributed by atoms with Crippen molar-refractivity contribution < 1.29 is 26.1 Å². The van der Waals surface area contributed by atoms with E-state index in [0.29, 0.717) is 0 Å². The van der Waals surface area contributed by atoms with Gasteiger partial charge >= 0.3 is 6.18 Å². The van der Waals surface area contributed by atoms with Crippen LogP contribution >= 0.6 is 12.4 Å². The lowest BCUT2D eigenvalue weighted by molar-refractivity contribution is -0.107. The van der Waals surface area contributed by atoms with Crippen LogP contribution in [0.2, 0.25) is 0 Å². The summed E-state index contributed by atoms with van der Waals surface area (Å²) in [5.41, 5.74) is 5.92. The molecule has 0 amide bonds. The van der Waals surface area contributed by atoms with E-state index in [2.05, 4.69) is 65.5 Å². The fourth-order valence-corrected chi connectivity index (χ4v) is 3.24. The summed E-state index contributed by atoms with van der Waals surface area (Å²) in [6, 6.07) is 12.5. The van der Waals surface area contributed by atoms with Gasteiger partial charge in [-0.25, -0.2) is 0 Å². The van der Waals surface area contributed by atoms with Gasteiger partial charge in [0.05, 0.1) is 6.20 Å². The number of pyridine rings is 1. The predicted molar refractivity (Wildman–Crippen MR) is 124 cm³/mol. The predicted octanol–water partition coefficient (Wildman–Crippen LogP) is 5.24. The molecule has 1 aromatic carbocycles. The number of aromatic nitrogens is 3. The van der Waals surface area contributed by atoms with Crippen LogP contribution in [0, 0.1) is 0 Å². The number of alkyl halides is 3. The molecule has 0 radical (unpaired) electrons. The third kappa shape index (κ3) is 10.2. The number of nitrogens with one attached hydrogen (secondary N) is 2. The van der Waals surface area contributed by atoms with Crippen molar-refractivity contribution in [2.75, 3.05) is 11.1 Å². The standard InChI is InChI=1S/C19H22N4.C2H3F3O3S.ClH/c1-19(2,3)18-16(13-22-23-18)12-21-17-6-4-14(5-7-17)15-8-10-20-11-9-15;3-2(4,5)1-9(6,7)8;/h4-11,13,21H,12H2,1-3H3,(H,22,23);1H2,(H,6,7,8);1H. The average molecular weight is 507 g/mol. The summed E-state index contributed by atoms with van der Waals surface area (Å²) in [4.78, 5) is 4.05. The molecule has 0 aliphatic carbocycles. The number of halogens is 4. The van der Waals surface area contributed by atoms with E-state index in [9.17, 15) is 21.6 Å². The number of benzene rings is 1. The third-order valence-electron chi connectivity index (χ3n) is 4.20. The number of aromatic amines is 1. The summed E-state index contributed by atoms with van der Waals surface area (Å²) in [7, 11) is -4.91. The van der Waals surface area contributed by atoms with Crippen LogP contribution in [0.15, 0.2) is 55.0 Å². The fourth-order valence-electron chi connectivity index (χ4n) is 2.82. The highest BCUT2D eigenvalue weighted by atomic mass is 35.5. The summed E-state index contributed by atoms with van der Waals surface area (Å²) >= 11 is 0. The zero-order chi connectivity index (χ0) is 24.0. The third-order valence-corrected chi connectivity index (χ3v) is 4.89. The molecular formula is C21H26ClF3N4O3S. The van der Waals surface area contributed by atoms with Gasteiger partial charge in [-0.1, -0.05) is 32.9 Å². The summed E-state index contributed by atoms with van der Waals surface area (Å²) in [5, 5.41) is 10.8. The van der Waals surface area contributed by atoms with Crippen LogP contribution in [0.5, 0.6) is 0 Å². The first-order chi connectivity index (χ1) is 14.7. The van der Waals surface area contributed by atoms with Crippen LogP contribution in [-0.4, -0.2) is 40.1 Å². The zero-order valence-corrected chi connectivity index (χ0v) is 19.9. The van der Waals surface area contributed by atoms with Crippen LogP contribution in [0.3, 0.4) is 0 Å². The minimum Gasteiger partial charge on any atom is -0.381 e. The Hall–Kier alpha value is -2.63. The van der Waals surface area contributed by atoms with E-state index in [-0.39, 0.29) is 17.8 Å². The lowest BCUT2D eigenvalue weighted by Gasteiger charge is -2.18. The van der Waals surface area contributed by atoms with Crippen molar-refractivity contribution in [1.82, 2.24) is 15.2 Å². The van der Waals surface area contributed by atoms with Gasteiger partial charge in [0.1, 0.15) is 0 Å². The average Bonchev–Trinajstić information content (AvgIpc) is 3.14. The molecule has 0 unspecified atom stereocenters. The Morgan fingerprint density at radius 2 is 1.55 bits per heavy atom. The summed E-state index contributed by atoms with van der Waals surface area (Å²) in [6.07, 6.45) is 0.676. The van der Waals surface area contributed by atoms with Crippen LogP contribution in [0.25, 0.3) is 11.1 Å². The van der Waals surface area contributed by atoms with Crippen molar-refractivity contribution in [1.29, 1.82) is 0 Å². The molecule has 3 N–H and O–H groups in total. The summed E-state index contributed by atoms with van der Waals surface area (Å²) < 4.78 is 59.6. The number of hydrogen-bond donors (Lipinski definition) is 3. The van der Waals surface area contributed by atoms with E-state index >= 15 is 0 Å². The number of rotatable bonds is 5. The van der Waals surface area contributed by atoms with Gasteiger partial charge < -0.3 is 5.32 Å². The number of anilines is 1. The van der Waals surface area contributed by atoms with Crippen LogP contribution < -0.4 is 5.32 Å². The first-order valence-corrected chi connectivity index (χ1v) is 11.1. The van der Waals surface area contributed by atoms with Crippen molar-refractivity contribution in [2.24, 2.45) is 0 Å². The molecule has 0 spiro atoms. The van der Waals surface area contributed by atoms with Gasteiger partial charge in [-0.15, -0.1) is 12.4 Å². The topological polar surface area (TPSA) is 108 Å². The van der Waals surface area contributed by atoms with Gasteiger partial charge in [0.2, 0.25) is 0 Å². The maximum atomic E-state index is 11.0. The zero-order valence-electron chi connectivity index (χ0n) is 18.2. The number of H-pyrrole nitrogens is 1. The molecule has 0 atom stereocenters. The second-order valence-corrected chi connectivity index (χ2v) is 9.48. The monoisotopic (exact) mass is 506 g/mol.